The van der Waals surface area contributed by atoms with Crippen molar-refractivity contribution in [3.63, 3.8) is 0 Å². The Hall–Kier alpha value is -1.10. The number of carbonyl (C=O) groups excluding carboxylic acids is 1. The Morgan fingerprint density at radius 1 is 1.47 bits per heavy atom. The summed E-state index contributed by atoms with van der Waals surface area (Å²) in [7, 11) is 0. The van der Waals surface area contributed by atoms with Gasteiger partial charge in [-0.25, -0.2) is 9.36 Å². The van der Waals surface area contributed by atoms with Crippen LogP contribution in [0.2, 0.25) is 0 Å². The summed E-state index contributed by atoms with van der Waals surface area (Å²) in [6.45, 7) is 8.97. The van der Waals surface area contributed by atoms with Gasteiger partial charge in [-0.3, -0.25) is 0 Å². The van der Waals surface area contributed by atoms with Gasteiger partial charge < -0.3 is 21.7 Å². The van der Waals surface area contributed by atoms with E-state index in [0.29, 0.717) is 12.3 Å². The van der Waals surface area contributed by atoms with Crippen molar-refractivity contribution in [1.29, 1.82) is 0 Å². The SMILES string of the molecule is C=C(C(=O)OCC)[n+]1ccn(CCCC)c1.[Br-]. The molecular weight excluding hydrogens is 284 g/mol. The molecule has 5 heteroatoms. The van der Waals surface area contributed by atoms with Gasteiger partial charge in [0.2, 0.25) is 12.0 Å². The first-order valence-corrected chi connectivity index (χ1v) is 5.62. The molecule has 1 heterocycles. The van der Waals surface area contributed by atoms with E-state index in [2.05, 4.69) is 13.5 Å². The van der Waals surface area contributed by atoms with Crippen LogP contribution in [0.1, 0.15) is 26.7 Å². The molecule has 0 saturated carbocycles. The molecular formula is C12H19BrN2O2. The predicted molar refractivity (Wildman–Crippen MR) is 61.5 cm³/mol. The number of hydrogen-bond acceptors (Lipinski definition) is 2. The van der Waals surface area contributed by atoms with E-state index in [4.69, 9.17) is 4.74 Å². The summed E-state index contributed by atoms with van der Waals surface area (Å²) in [6.07, 6.45) is 7.88. The molecule has 0 aliphatic carbocycles. The van der Waals surface area contributed by atoms with Crippen molar-refractivity contribution in [2.24, 2.45) is 0 Å². The molecule has 0 unspecified atom stereocenters. The average molecular weight is 303 g/mol. The normalized spacial score (nSPS) is 9.53. The van der Waals surface area contributed by atoms with E-state index in [1.54, 1.807) is 11.5 Å². The number of aromatic nitrogens is 2. The smallest absolute Gasteiger partial charge is 0.378 e. The number of rotatable bonds is 6. The Morgan fingerprint density at radius 2 is 2.18 bits per heavy atom. The van der Waals surface area contributed by atoms with Crippen molar-refractivity contribution < 1.29 is 31.1 Å². The number of ether oxygens (including phenoxy) is 1. The molecule has 1 rings (SSSR count). The third kappa shape index (κ3) is 4.73. The zero-order valence-corrected chi connectivity index (χ0v) is 11.9. The first-order chi connectivity index (χ1) is 7.69. The van der Waals surface area contributed by atoms with Gasteiger partial charge in [0.25, 0.3) is 0 Å². The van der Waals surface area contributed by atoms with E-state index in [9.17, 15) is 4.79 Å². The molecule has 0 fully saturated rings. The molecule has 4 nitrogen and oxygen atoms in total. The van der Waals surface area contributed by atoms with Crippen LogP contribution in [0, 0.1) is 0 Å². The highest BCUT2D eigenvalue weighted by molar-refractivity contribution is 6.04. The van der Waals surface area contributed by atoms with Crippen LogP contribution in [0.5, 0.6) is 0 Å². The Bertz CT molecular complexity index is 374. The number of hydrogen-bond donors (Lipinski definition) is 0. The first-order valence-electron chi connectivity index (χ1n) is 5.62. The van der Waals surface area contributed by atoms with Crippen LogP contribution in [0.3, 0.4) is 0 Å². The molecule has 0 amide bonds. The average Bonchev–Trinajstić information content (AvgIpc) is 2.74. The monoisotopic (exact) mass is 302 g/mol. The Kier molecular flexibility index (Phi) is 7.54. The first kappa shape index (κ1) is 15.9. The van der Waals surface area contributed by atoms with Crippen LogP contribution in [-0.4, -0.2) is 17.1 Å². The van der Waals surface area contributed by atoms with Gasteiger partial charge in [-0.2, -0.15) is 4.57 Å². The summed E-state index contributed by atoms with van der Waals surface area (Å²) in [5.74, 6) is -0.374. The van der Waals surface area contributed by atoms with Crippen molar-refractivity contribution in [2.45, 2.75) is 33.2 Å². The molecule has 0 bridgehead atoms. The highest BCUT2D eigenvalue weighted by Crippen LogP contribution is 1.97. The van der Waals surface area contributed by atoms with Crippen molar-refractivity contribution >= 4 is 11.7 Å². The third-order valence-electron chi connectivity index (χ3n) is 2.28. The van der Waals surface area contributed by atoms with E-state index in [1.165, 1.54) is 0 Å². The fourth-order valence-corrected chi connectivity index (χ4v) is 1.35. The van der Waals surface area contributed by atoms with Crippen molar-refractivity contribution in [1.82, 2.24) is 4.57 Å². The molecule has 0 spiro atoms. The van der Waals surface area contributed by atoms with Gasteiger partial charge in [-0.05, 0) is 19.9 Å². The molecule has 1 aromatic heterocycles. The zero-order chi connectivity index (χ0) is 12.0. The van der Waals surface area contributed by atoms with Crippen LogP contribution >= 0.6 is 0 Å². The Labute approximate surface area is 113 Å². The van der Waals surface area contributed by atoms with Crippen molar-refractivity contribution in [3.8, 4) is 0 Å². The molecule has 0 aliphatic heterocycles. The highest BCUT2D eigenvalue weighted by Gasteiger charge is 2.15. The molecule has 0 radical (unpaired) electrons. The summed E-state index contributed by atoms with van der Waals surface area (Å²) >= 11 is 0. The van der Waals surface area contributed by atoms with Crippen LogP contribution in [-0.2, 0) is 16.1 Å². The number of imidazole rings is 1. The number of unbranched alkanes of at least 4 members (excludes halogenated alkanes) is 1. The van der Waals surface area contributed by atoms with Gasteiger partial charge in [0.1, 0.15) is 12.4 Å². The van der Waals surface area contributed by atoms with Crippen molar-refractivity contribution in [3.05, 3.63) is 25.3 Å². The minimum atomic E-state index is -0.374. The predicted octanol–water partition coefficient (Wildman–Crippen LogP) is -1.39. The molecule has 0 aromatic carbocycles. The Morgan fingerprint density at radius 3 is 2.76 bits per heavy atom. The van der Waals surface area contributed by atoms with Gasteiger partial charge in [-0.15, -0.1) is 0 Å². The molecule has 96 valence electrons. The molecule has 17 heavy (non-hydrogen) atoms. The lowest BCUT2D eigenvalue weighted by Gasteiger charge is -2.00. The summed E-state index contributed by atoms with van der Waals surface area (Å²) in [6, 6.07) is 0. The largest absolute Gasteiger partial charge is 1.00 e. The number of nitrogens with zero attached hydrogens (tertiary/aromatic N) is 2. The highest BCUT2D eigenvalue weighted by atomic mass is 79.9. The van der Waals surface area contributed by atoms with Gasteiger partial charge >= 0.3 is 5.97 Å². The van der Waals surface area contributed by atoms with Gasteiger partial charge in [-0.1, -0.05) is 13.3 Å². The van der Waals surface area contributed by atoms with Gasteiger partial charge in [0.15, 0.2) is 0 Å². The number of aryl methyl sites for hydroxylation is 1. The lowest BCUT2D eigenvalue weighted by Crippen LogP contribution is -3.00. The lowest BCUT2D eigenvalue weighted by atomic mass is 10.3. The minimum Gasteiger partial charge on any atom is -1.00 e. The van der Waals surface area contributed by atoms with Crippen molar-refractivity contribution in [2.75, 3.05) is 6.61 Å². The maximum Gasteiger partial charge on any atom is 0.378 e. The number of carbonyl (C=O) groups is 1. The maximum absolute atomic E-state index is 11.4. The Balaban J connectivity index is 0.00000256. The fourth-order valence-electron chi connectivity index (χ4n) is 1.35. The van der Waals surface area contributed by atoms with E-state index < -0.39 is 0 Å². The summed E-state index contributed by atoms with van der Waals surface area (Å²) in [5.41, 5.74) is 0.345. The topological polar surface area (TPSA) is 35.1 Å². The van der Waals surface area contributed by atoms with Crippen LogP contribution in [0.4, 0.5) is 0 Å². The third-order valence-corrected chi connectivity index (χ3v) is 2.28. The summed E-state index contributed by atoms with van der Waals surface area (Å²) in [4.78, 5) is 11.4. The van der Waals surface area contributed by atoms with E-state index >= 15 is 0 Å². The summed E-state index contributed by atoms with van der Waals surface area (Å²) in [5, 5.41) is 0. The van der Waals surface area contributed by atoms with Gasteiger partial charge in [0, 0.05) is 0 Å². The number of halogens is 1. The van der Waals surface area contributed by atoms with Crippen LogP contribution < -0.4 is 21.5 Å². The van der Waals surface area contributed by atoms with E-state index in [1.807, 2.05) is 23.3 Å². The standard InChI is InChI=1S/C12H19N2O2.BrH/c1-4-6-7-13-8-9-14(10-13)11(3)12(15)16-5-2;/h8-10H,3-7H2,1-2H3;1H/q+1;/p-1. The van der Waals surface area contributed by atoms with Gasteiger partial charge in [0.05, 0.1) is 13.2 Å². The second kappa shape index (κ2) is 8.06. The molecule has 0 aliphatic rings. The van der Waals surface area contributed by atoms with Crippen LogP contribution in [0.25, 0.3) is 5.70 Å². The lowest BCUT2D eigenvalue weighted by molar-refractivity contribution is -0.577. The molecule has 0 N–H and O–H groups in total. The zero-order valence-electron chi connectivity index (χ0n) is 10.4. The second-order valence-electron chi connectivity index (χ2n) is 3.58. The summed E-state index contributed by atoms with van der Waals surface area (Å²) < 4.78 is 8.60. The maximum atomic E-state index is 11.4. The minimum absolute atomic E-state index is 0. The molecule has 0 atom stereocenters. The van der Waals surface area contributed by atoms with E-state index in [-0.39, 0.29) is 23.0 Å². The van der Waals surface area contributed by atoms with E-state index in [0.717, 1.165) is 19.4 Å². The fraction of sp³-hybridized carbons (Fsp3) is 0.500. The molecule has 1 aromatic rings. The number of esters is 1. The quantitative estimate of drug-likeness (QED) is 0.369. The second-order valence-corrected chi connectivity index (χ2v) is 3.58. The molecule has 0 saturated heterocycles. The van der Waals surface area contributed by atoms with Crippen LogP contribution in [0.15, 0.2) is 25.3 Å².